The summed E-state index contributed by atoms with van der Waals surface area (Å²) in [4.78, 5) is 3.94. The lowest BCUT2D eigenvalue weighted by atomic mass is 10.2. The number of anilines is 1. The fourth-order valence-corrected chi connectivity index (χ4v) is 1.26. The molecule has 0 heterocycles. The minimum Gasteiger partial charge on any atom is -0.378 e. The van der Waals surface area contributed by atoms with Crippen LogP contribution < -0.4 is 4.90 Å². The topological polar surface area (TPSA) is 3.24 Å². The molecule has 0 N–H and O–H groups in total. The molecule has 1 aromatic carbocycles. The Balaban J connectivity index is 2.85. The maximum atomic E-state index is 3.24. The second-order valence-electron chi connectivity index (χ2n) is 2.78. The van der Waals surface area contributed by atoms with Crippen molar-refractivity contribution in [2.24, 2.45) is 0 Å². The van der Waals surface area contributed by atoms with Crippen LogP contribution in [0.5, 0.6) is 0 Å². The van der Waals surface area contributed by atoms with E-state index in [1.165, 1.54) is 11.3 Å². The van der Waals surface area contributed by atoms with Crippen LogP contribution in [0, 0.1) is 0 Å². The molecule has 1 rings (SSSR count). The maximum absolute atomic E-state index is 3.24. The molecule has 0 aliphatic heterocycles. The van der Waals surface area contributed by atoms with Crippen LogP contribution in [0.3, 0.4) is 0 Å². The Hall–Kier alpha value is -0.760. The van der Waals surface area contributed by atoms with Crippen molar-refractivity contribution in [2.45, 2.75) is 0 Å². The highest BCUT2D eigenvalue weighted by molar-refractivity contribution is 9.11. The van der Waals surface area contributed by atoms with Gasteiger partial charge in [-0.25, -0.2) is 0 Å². The van der Waals surface area contributed by atoms with Crippen molar-refractivity contribution in [1.82, 2.24) is 0 Å². The highest BCUT2D eigenvalue weighted by Crippen LogP contribution is 2.13. The third-order valence-corrected chi connectivity index (χ3v) is 1.93. The van der Waals surface area contributed by atoms with Crippen LogP contribution in [-0.4, -0.2) is 14.1 Å². The van der Waals surface area contributed by atoms with Crippen molar-refractivity contribution in [3.63, 3.8) is 0 Å². The molecule has 0 unspecified atom stereocenters. The van der Waals surface area contributed by atoms with Gasteiger partial charge in [-0.05, 0) is 28.8 Å². The van der Waals surface area contributed by atoms with Gasteiger partial charge in [0.2, 0.25) is 0 Å². The molecule has 0 bridgehead atoms. The zero-order valence-corrected chi connectivity index (χ0v) is 8.88. The van der Waals surface area contributed by atoms with Crippen molar-refractivity contribution in [2.75, 3.05) is 19.0 Å². The van der Waals surface area contributed by atoms with E-state index >= 15 is 0 Å². The number of hydrogen-bond acceptors (Lipinski definition) is 1. The number of nitrogens with zero attached hydrogens (tertiary/aromatic N) is 1. The molecule has 64 valence electrons. The molecule has 1 nitrogen and oxygen atoms in total. The fourth-order valence-electron chi connectivity index (χ4n) is 0.956. The molecule has 0 spiro atoms. The standard InChI is InChI=1S/C10H12BrN/c1-12(2)10-5-3-9(4-6-10)7-8-11/h3-8H,1-2H3/b8-7+. The van der Waals surface area contributed by atoms with Crippen molar-refractivity contribution >= 4 is 27.7 Å². The van der Waals surface area contributed by atoms with Crippen molar-refractivity contribution in [1.29, 1.82) is 0 Å². The molecule has 0 saturated heterocycles. The number of halogens is 1. The molecular formula is C10H12BrN. The zero-order chi connectivity index (χ0) is 8.97. The van der Waals surface area contributed by atoms with E-state index < -0.39 is 0 Å². The first-order valence-electron chi connectivity index (χ1n) is 3.78. The molecule has 0 aromatic heterocycles. The molecule has 2 heteroatoms. The molecule has 0 atom stereocenters. The van der Waals surface area contributed by atoms with Crippen molar-refractivity contribution in [3.05, 3.63) is 34.8 Å². The Labute approximate surface area is 81.8 Å². The van der Waals surface area contributed by atoms with Gasteiger partial charge in [-0.3, -0.25) is 0 Å². The van der Waals surface area contributed by atoms with Gasteiger partial charge in [0, 0.05) is 19.8 Å². The summed E-state index contributed by atoms with van der Waals surface area (Å²) in [6, 6.07) is 8.38. The molecule has 0 aliphatic rings. The quantitative estimate of drug-likeness (QED) is 0.748. The van der Waals surface area contributed by atoms with Crippen LogP contribution in [0.2, 0.25) is 0 Å². The van der Waals surface area contributed by atoms with Crippen LogP contribution in [0.4, 0.5) is 5.69 Å². The number of benzene rings is 1. The van der Waals surface area contributed by atoms with Gasteiger partial charge in [-0.15, -0.1) is 0 Å². The van der Waals surface area contributed by atoms with E-state index in [-0.39, 0.29) is 0 Å². The number of hydrogen-bond donors (Lipinski definition) is 0. The monoisotopic (exact) mass is 225 g/mol. The first-order valence-corrected chi connectivity index (χ1v) is 4.70. The summed E-state index contributed by atoms with van der Waals surface area (Å²) in [6.07, 6.45) is 2.01. The Morgan fingerprint density at radius 2 is 1.75 bits per heavy atom. The lowest BCUT2D eigenvalue weighted by molar-refractivity contribution is 1.13. The van der Waals surface area contributed by atoms with E-state index in [2.05, 4.69) is 45.1 Å². The van der Waals surface area contributed by atoms with Crippen LogP contribution in [0.15, 0.2) is 29.3 Å². The second-order valence-corrected chi connectivity index (χ2v) is 3.31. The van der Waals surface area contributed by atoms with Gasteiger partial charge < -0.3 is 4.90 Å². The summed E-state index contributed by atoms with van der Waals surface area (Å²) in [6.45, 7) is 0. The average molecular weight is 226 g/mol. The summed E-state index contributed by atoms with van der Waals surface area (Å²) in [5.74, 6) is 0. The highest BCUT2D eigenvalue weighted by atomic mass is 79.9. The fraction of sp³-hybridized carbons (Fsp3) is 0.200. The summed E-state index contributed by atoms with van der Waals surface area (Å²) in [7, 11) is 4.07. The third-order valence-electron chi connectivity index (χ3n) is 1.66. The Bertz CT molecular complexity index is 262. The molecule has 0 fully saturated rings. The largest absolute Gasteiger partial charge is 0.378 e. The first-order chi connectivity index (χ1) is 5.74. The summed E-state index contributed by atoms with van der Waals surface area (Å²) in [5, 5.41) is 0. The van der Waals surface area contributed by atoms with E-state index in [1.54, 1.807) is 0 Å². The minimum atomic E-state index is 1.21. The summed E-state index contributed by atoms with van der Waals surface area (Å²) < 4.78 is 0. The predicted molar refractivity (Wildman–Crippen MR) is 58.7 cm³/mol. The summed E-state index contributed by atoms with van der Waals surface area (Å²) >= 11 is 3.24. The normalized spacial score (nSPS) is 10.6. The molecule has 12 heavy (non-hydrogen) atoms. The molecule has 0 amide bonds. The zero-order valence-electron chi connectivity index (χ0n) is 7.29. The summed E-state index contributed by atoms with van der Waals surface area (Å²) in [5.41, 5.74) is 2.43. The van der Waals surface area contributed by atoms with Crippen LogP contribution in [0.25, 0.3) is 6.08 Å². The highest BCUT2D eigenvalue weighted by Gasteiger charge is 1.92. The Kier molecular flexibility index (Phi) is 3.35. The van der Waals surface area contributed by atoms with E-state index in [0.29, 0.717) is 0 Å². The second kappa shape index (κ2) is 4.31. The lowest BCUT2D eigenvalue weighted by Crippen LogP contribution is -2.07. The smallest absolute Gasteiger partial charge is 0.0361 e. The van der Waals surface area contributed by atoms with E-state index in [9.17, 15) is 0 Å². The van der Waals surface area contributed by atoms with E-state index in [0.717, 1.165) is 0 Å². The lowest BCUT2D eigenvalue weighted by Gasteiger charge is -2.11. The average Bonchev–Trinajstić information content (AvgIpc) is 2.06. The Morgan fingerprint density at radius 1 is 1.17 bits per heavy atom. The molecule has 0 radical (unpaired) electrons. The van der Waals surface area contributed by atoms with Crippen LogP contribution in [0.1, 0.15) is 5.56 Å². The van der Waals surface area contributed by atoms with E-state index in [4.69, 9.17) is 0 Å². The molecule has 0 saturated carbocycles. The van der Waals surface area contributed by atoms with Gasteiger partial charge in [0.25, 0.3) is 0 Å². The van der Waals surface area contributed by atoms with Gasteiger partial charge in [0.15, 0.2) is 0 Å². The van der Waals surface area contributed by atoms with Crippen molar-refractivity contribution < 1.29 is 0 Å². The molecular weight excluding hydrogens is 214 g/mol. The predicted octanol–water partition coefficient (Wildman–Crippen LogP) is 3.12. The molecule has 0 aliphatic carbocycles. The van der Waals surface area contributed by atoms with Gasteiger partial charge >= 0.3 is 0 Å². The van der Waals surface area contributed by atoms with Gasteiger partial charge in [-0.2, -0.15) is 0 Å². The van der Waals surface area contributed by atoms with E-state index in [1.807, 2.05) is 25.2 Å². The van der Waals surface area contributed by atoms with Gasteiger partial charge in [0.05, 0.1) is 0 Å². The Morgan fingerprint density at radius 3 is 2.17 bits per heavy atom. The maximum Gasteiger partial charge on any atom is 0.0361 e. The molecule has 1 aromatic rings. The van der Waals surface area contributed by atoms with Gasteiger partial charge in [-0.1, -0.05) is 28.1 Å². The van der Waals surface area contributed by atoms with Gasteiger partial charge in [0.1, 0.15) is 0 Å². The third kappa shape index (κ3) is 2.38. The SMILES string of the molecule is CN(C)c1ccc(/C=C/Br)cc1. The van der Waals surface area contributed by atoms with Crippen LogP contribution in [-0.2, 0) is 0 Å². The van der Waals surface area contributed by atoms with Crippen LogP contribution >= 0.6 is 15.9 Å². The minimum absolute atomic E-state index is 1.21. The first kappa shape index (κ1) is 9.33. The van der Waals surface area contributed by atoms with Crippen molar-refractivity contribution in [3.8, 4) is 0 Å². The number of rotatable bonds is 2.